The van der Waals surface area contributed by atoms with E-state index in [0.29, 0.717) is 22.0 Å². The molecule has 0 fully saturated rings. The summed E-state index contributed by atoms with van der Waals surface area (Å²) < 4.78 is 6.09. The molecule has 0 spiro atoms. The van der Waals surface area contributed by atoms with Crippen LogP contribution >= 0.6 is 27.5 Å². The van der Waals surface area contributed by atoms with E-state index in [1.807, 2.05) is 13.0 Å². The van der Waals surface area contributed by atoms with Gasteiger partial charge in [0.25, 0.3) is 5.91 Å². The van der Waals surface area contributed by atoms with E-state index in [1.165, 1.54) is 0 Å². The molecule has 5 heteroatoms. The molecular formula is C15H13BrClNO2. The minimum absolute atomic E-state index is 0.199. The Labute approximate surface area is 131 Å². The second kappa shape index (κ2) is 6.29. The molecule has 1 amide bonds. The van der Waals surface area contributed by atoms with E-state index in [0.717, 1.165) is 10.0 Å². The van der Waals surface area contributed by atoms with Crippen LogP contribution in [0.3, 0.4) is 0 Å². The zero-order valence-corrected chi connectivity index (χ0v) is 13.4. The molecule has 2 aromatic rings. The van der Waals surface area contributed by atoms with Crippen molar-refractivity contribution in [2.45, 2.75) is 6.92 Å². The van der Waals surface area contributed by atoms with E-state index in [1.54, 1.807) is 37.4 Å². The van der Waals surface area contributed by atoms with Gasteiger partial charge in [-0.15, -0.1) is 0 Å². The number of carbonyl (C=O) groups excluding carboxylic acids is 1. The first-order valence-electron chi connectivity index (χ1n) is 5.92. The van der Waals surface area contributed by atoms with Crippen molar-refractivity contribution in [1.82, 2.24) is 0 Å². The number of anilines is 1. The van der Waals surface area contributed by atoms with Crippen LogP contribution in [0.2, 0.25) is 5.02 Å². The number of halogens is 2. The van der Waals surface area contributed by atoms with Gasteiger partial charge in [0.05, 0.1) is 12.8 Å². The largest absolute Gasteiger partial charge is 0.495 e. The fourth-order valence-corrected chi connectivity index (χ4v) is 2.44. The fourth-order valence-electron chi connectivity index (χ4n) is 1.85. The molecule has 0 aromatic heterocycles. The molecule has 0 aliphatic heterocycles. The van der Waals surface area contributed by atoms with Crippen LogP contribution in [0, 0.1) is 6.92 Å². The number of hydrogen-bond donors (Lipinski definition) is 1. The summed E-state index contributed by atoms with van der Waals surface area (Å²) in [4.78, 5) is 12.3. The van der Waals surface area contributed by atoms with E-state index >= 15 is 0 Å². The third-order valence-corrected chi connectivity index (χ3v) is 3.57. The third kappa shape index (κ3) is 3.32. The molecule has 2 aromatic carbocycles. The molecule has 0 aliphatic rings. The van der Waals surface area contributed by atoms with Crippen molar-refractivity contribution in [3.05, 3.63) is 57.0 Å². The first-order chi connectivity index (χ1) is 9.51. The quantitative estimate of drug-likeness (QED) is 0.869. The molecular weight excluding hydrogens is 342 g/mol. The predicted molar refractivity (Wildman–Crippen MR) is 84.8 cm³/mol. The zero-order chi connectivity index (χ0) is 14.7. The lowest BCUT2D eigenvalue weighted by atomic mass is 10.1. The van der Waals surface area contributed by atoms with Crippen molar-refractivity contribution in [2.75, 3.05) is 12.4 Å². The smallest absolute Gasteiger partial charge is 0.256 e. The van der Waals surface area contributed by atoms with Crippen molar-refractivity contribution in [1.29, 1.82) is 0 Å². The standard InChI is InChI=1S/C15H13BrClNO2/c1-9-7-11(17)4-5-12(9)15(19)18-13-8-10(16)3-6-14(13)20-2/h3-8H,1-2H3,(H,18,19). The Morgan fingerprint density at radius 2 is 2.00 bits per heavy atom. The van der Waals surface area contributed by atoms with E-state index < -0.39 is 0 Å². The van der Waals surface area contributed by atoms with Gasteiger partial charge in [-0.25, -0.2) is 0 Å². The molecule has 1 N–H and O–H groups in total. The summed E-state index contributed by atoms with van der Waals surface area (Å²) in [6.07, 6.45) is 0. The topological polar surface area (TPSA) is 38.3 Å². The molecule has 2 rings (SSSR count). The number of rotatable bonds is 3. The van der Waals surface area contributed by atoms with Gasteiger partial charge in [0, 0.05) is 15.1 Å². The minimum Gasteiger partial charge on any atom is -0.495 e. The Balaban J connectivity index is 2.30. The van der Waals surface area contributed by atoms with Gasteiger partial charge in [-0.1, -0.05) is 27.5 Å². The lowest BCUT2D eigenvalue weighted by Crippen LogP contribution is -2.14. The summed E-state index contributed by atoms with van der Waals surface area (Å²) in [5.74, 6) is 0.406. The molecule has 0 saturated heterocycles. The Bertz CT molecular complexity index is 658. The van der Waals surface area contributed by atoms with Crippen molar-refractivity contribution >= 4 is 39.1 Å². The number of nitrogens with one attached hydrogen (secondary N) is 1. The first-order valence-corrected chi connectivity index (χ1v) is 7.09. The van der Waals surface area contributed by atoms with Crippen LogP contribution in [0.4, 0.5) is 5.69 Å². The second-order valence-corrected chi connectivity index (χ2v) is 5.61. The van der Waals surface area contributed by atoms with E-state index in [9.17, 15) is 4.79 Å². The maximum Gasteiger partial charge on any atom is 0.256 e. The highest BCUT2D eigenvalue weighted by molar-refractivity contribution is 9.10. The molecule has 3 nitrogen and oxygen atoms in total. The Hall–Kier alpha value is -1.52. The lowest BCUT2D eigenvalue weighted by molar-refractivity contribution is 0.102. The Morgan fingerprint density at radius 1 is 1.25 bits per heavy atom. The van der Waals surface area contributed by atoms with E-state index in [-0.39, 0.29) is 5.91 Å². The van der Waals surface area contributed by atoms with Gasteiger partial charge in [-0.3, -0.25) is 4.79 Å². The van der Waals surface area contributed by atoms with Crippen LogP contribution in [-0.4, -0.2) is 13.0 Å². The monoisotopic (exact) mass is 353 g/mol. The summed E-state index contributed by atoms with van der Waals surface area (Å²) in [6, 6.07) is 10.6. The number of aryl methyl sites for hydroxylation is 1. The van der Waals surface area contributed by atoms with Gasteiger partial charge in [0.1, 0.15) is 5.75 Å². The van der Waals surface area contributed by atoms with Crippen molar-refractivity contribution < 1.29 is 9.53 Å². The Morgan fingerprint density at radius 3 is 2.65 bits per heavy atom. The SMILES string of the molecule is COc1ccc(Br)cc1NC(=O)c1ccc(Cl)cc1C. The summed E-state index contributed by atoms with van der Waals surface area (Å²) in [6.45, 7) is 1.85. The second-order valence-electron chi connectivity index (χ2n) is 4.26. The van der Waals surface area contributed by atoms with Gasteiger partial charge < -0.3 is 10.1 Å². The van der Waals surface area contributed by atoms with Crippen LogP contribution in [-0.2, 0) is 0 Å². The summed E-state index contributed by atoms with van der Waals surface area (Å²) in [5.41, 5.74) is 2.02. The summed E-state index contributed by atoms with van der Waals surface area (Å²) in [7, 11) is 1.56. The lowest BCUT2D eigenvalue weighted by Gasteiger charge is -2.12. The molecule has 0 aliphatic carbocycles. The predicted octanol–water partition coefficient (Wildman–Crippen LogP) is 4.67. The van der Waals surface area contributed by atoms with Crippen LogP contribution < -0.4 is 10.1 Å². The first kappa shape index (κ1) is 14.9. The zero-order valence-electron chi connectivity index (χ0n) is 11.0. The molecule has 20 heavy (non-hydrogen) atoms. The van der Waals surface area contributed by atoms with E-state index in [4.69, 9.17) is 16.3 Å². The minimum atomic E-state index is -0.199. The Kier molecular flexibility index (Phi) is 4.68. The highest BCUT2D eigenvalue weighted by atomic mass is 79.9. The number of ether oxygens (including phenoxy) is 1. The molecule has 0 heterocycles. The normalized spacial score (nSPS) is 10.2. The molecule has 0 unspecified atom stereocenters. The molecule has 0 radical (unpaired) electrons. The van der Waals surface area contributed by atoms with Gasteiger partial charge in [0.2, 0.25) is 0 Å². The van der Waals surface area contributed by atoms with Gasteiger partial charge in [-0.05, 0) is 48.9 Å². The van der Waals surface area contributed by atoms with Gasteiger partial charge >= 0.3 is 0 Å². The maximum absolute atomic E-state index is 12.3. The van der Waals surface area contributed by atoms with Crippen LogP contribution in [0.15, 0.2) is 40.9 Å². The van der Waals surface area contributed by atoms with Crippen molar-refractivity contribution in [3.63, 3.8) is 0 Å². The highest BCUT2D eigenvalue weighted by Crippen LogP contribution is 2.28. The third-order valence-electron chi connectivity index (χ3n) is 2.84. The number of amides is 1. The van der Waals surface area contributed by atoms with Gasteiger partial charge in [-0.2, -0.15) is 0 Å². The van der Waals surface area contributed by atoms with Crippen molar-refractivity contribution in [3.8, 4) is 5.75 Å². The van der Waals surface area contributed by atoms with Crippen LogP contribution in [0.25, 0.3) is 0 Å². The number of hydrogen-bond acceptors (Lipinski definition) is 2. The number of benzene rings is 2. The van der Waals surface area contributed by atoms with E-state index in [2.05, 4.69) is 21.2 Å². The summed E-state index contributed by atoms with van der Waals surface area (Å²) in [5, 5.41) is 3.45. The average Bonchev–Trinajstić information content (AvgIpc) is 2.38. The number of carbonyl (C=O) groups is 1. The molecule has 0 saturated carbocycles. The van der Waals surface area contributed by atoms with Crippen LogP contribution in [0.5, 0.6) is 5.75 Å². The van der Waals surface area contributed by atoms with Crippen molar-refractivity contribution in [2.24, 2.45) is 0 Å². The van der Waals surface area contributed by atoms with Crippen LogP contribution in [0.1, 0.15) is 15.9 Å². The number of methoxy groups -OCH3 is 1. The molecule has 0 atom stereocenters. The molecule has 104 valence electrons. The summed E-state index contributed by atoms with van der Waals surface area (Å²) >= 11 is 9.26. The molecule has 0 bridgehead atoms. The maximum atomic E-state index is 12.3. The van der Waals surface area contributed by atoms with Gasteiger partial charge in [0.15, 0.2) is 0 Å². The fraction of sp³-hybridized carbons (Fsp3) is 0.133. The average molecular weight is 355 g/mol. The highest BCUT2D eigenvalue weighted by Gasteiger charge is 2.12.